The second-order valence-electron chi connectivity index (χ2n) is 3.82. The number of halogens is 2. The molecule has 0 saturated heterocycles. The van der Waals surface area contributed by atoms with Gasteiger partial charge in [-0.05, 0) is 31.0 Å². The molecule has 0 aliphatic heterocycles. The van der Waals surface area contributed by atoms with Gasteiger partial charge in [-0.15, -0.1) is 0 Å². The zero-order valence-electron chi connectivity index (χ0n) is 9.86. The quantitative estimate of drug-likeness (QED) is 0.842. The van der Waals surface area contributed by atoms with Crippen molar-refractivity contribution in [2.45, 2.75) is 30.8 Å². The Kier molecular flexibility index (Phi) is 5.52. The highest BCUT2D eigenvalue weighted by Crippen LogP contribution is 2.18. The molecule has 0 fully saturated rings. The van der Waals surface area contributed by atoms with Crippen molar-refractivity contribution >= 4 is 21.6 Å². The minimum Gasteiger partial charge on any atom is -0.393 e. The Hall–Kier alpha value is -0.690. The molecule has 0 aliphatic rings. The van der Waals surface area contributed by atoms with Gasteiger partial charge in [0.1, 0.15) is 10.7 Å². The molecular weight excluding hydrogens is 281 g/mol. The van der Waals surface area contributed by atoms with Gasteiger partial charge in [-0.3, -0.25) is 0 Å². The lowest BCUT2D eigenvalue weighted by Crippen LogP contribution is -2.27. The van der Waals surface area contributed by atoms with Gasteiger partial charge in [0.2, 0.25) is 10.0 Å². The number of sulfonamides is 1. The van der Waals surface area contributed by atoms with E-state index in [0.717, 1.165) is 12.1 Å². The van der Waals surface area contributed by atoms with E-state index in [1.165, 1.54) is 6.07 Å². The molecule has 18 heavy (non-hydrogen) atoms. The van der Waals surface area contributed by atoms with E-state index in [2.05, 4.69) is 4.72 Å². The van der Waals surface area contributed by atoms with Crippen molar-refractivity contribution in [2.24, 2.45) is 0 Å². The monoisotopic (exact) mass is 295 g/mol. The molecule has 0 aliphatic carbocycles. The smallest absolute Gasteiger partial charge is 0.243 e. The molecule has 0 radical (unpaired) electrons. The molecule has 7 heteroatoms. The van der Waals surface area contributed by atoms with Crippen LogP contribution in [0.5, 0.6) is 0 Å². The summed E-state index contributed by atoms with van der Waals surface area (Å²) in [4.78, 5) is -0.446. The van der Waals surface area contributed by atoms with E-state index < -0.39 is 26.8 Å². The third-order valence-electron chi connectivity index (χ3n) is 2.42. The molecule has 1 atom stereocenters. The van der Waals surface area contributed by atoms with E-state index >= 15 is 0 Å². The Morgan fingerprint density at radius 3 is 2.72 bits per heavy atom. The highest BCUT2D eigenvalue weighted by Gasteiger charge is 2.18. The van der Waals surface area contributed by atoms with E-state index in [4.69, 9.17) is 11.6 Å². The van der Waals surface area contributed by atoms with Crippen molar-refractivity contribution in [2.75, 3.05) is 6.54 Å². The van der Waals surface area contributed by atoms with Crippen LogP contribution in [0.4, 0.5) is 4.39 Å². The Labute approximate surface area is 111 Å². The van der Waals surface area contributed by atoms with Crippen LogP contribution in [0.15, 0.2) is 23.1 Å². The molecule has 1 aromatic carbocycles. The van der Waals surface area contributed by atoms with Gasteiger partial charge in [0.05, 0.1) is 6.10 Å². The van der Waals surface area contributed by atoms with E-state index in [-0.39, 0.29) is 18.0 Å². The lowest BCUT2D eigenvalue weighted by Gasteiger charge is -2.10. The van der Waals surface area contributed by atoms with Gasteiger partial charge >= 0.3 is 0 Å². The second-order valence-corrected chi connectivity index (χ2v) is 6.00. The normalized spacial score (nSPS) is 13.6. The Balaban J connectivity index is 2.74. The Morgan fingerprint density at radius 2 is 2.17 bits per heavy atom. The van der Waals surface area contributed by atoms with Crippen LogP contribution in [0.25, 0.3) is 0 Å². The number of rotatable bonds is 6. The van der Waals surface area contributed by atoms with Crippen LogP contribution in [0.2, 0.25) is 5.02 Å². The fraction of sp³-hybridized carbons (Fsp3) is 0.455. The first-order valence-corrected chi connectivity index (χ1v) is 7.35. The average Bonchev–Trinajstić information content (AvgIpc) is 2.27. The van der Waals surface area contributed by atoms with Gasteiger partial charge < -0.3 is 5.11 Å². The van der Waals surface area contributed by atoms with Crippen LogP contribution in [-0.2, 0) is 10.0 Å². The molecule has 1 aromatic rings. The van der Waals surface area contributed by atoms with Gasteiger partial charge in [-0.1, -0.05) is 18.5 Å². The highest BCUT2D eigenvalue weighted by atomic mass is 35.5. The first kappa shape index (κ1) is 15.4. The van der Waals surface area contributed by atoms with Crippen molar-refractivity contribution in [3.63, 3.8) is 0 Å². The molecule has 2 N–H and O–H groups in total. The predicted molar refractivity (Wildman–Crippen MR) is 67.5 cm³/mol. The van der Waals surface area contributed by atoms with Crippen molar-refractivity contribution in [3.8, 4) is 0 Å². The van der Waals surface area contributed by atoms with Crippen molar-refractivity contribution in [1.29, 1.82) is 0 Å². The zero-order chi connectivity index (χ0) is 13.8. The van der Waals surface area contributed by atoms with Crippen LogP contribution in [0, 0.1) is 5.82 Å². The van der Waals surface area contributed by atoms with E-state index in [0.29, 0.717) is 6.42 Å². The molecule has 0 spiro atoms. The highest BCUT2D eigenvalue weighted by molar-refractivity contribution is 7.89. The van der Waals surface area contributed by atoms with Gasteiger partial charge in [-0.25, -0.2) is 17.5 Å². The summed E-state index contributed by atoms with van der Waals surface area (Å²) in [6, 6.07) is 3.35. The number of hydrogen-bond acceptors (Lipinski definition) is 3. The number of hydrogen-bond donors (Lipinski definition) is 2. The zero-order valence-corrected chi connectivity index (χ0v) is 11.4. The third-order valence-corrected chi connectivity index (χ3v) is 4.15. The molecule has 0 aromatic heterocycles. The number of nitrogens with one attached hydrogen (secondary N) is 1. The topological polar surface area (TPSA) is 66.4 Å². The molecule has 0 heterocycles. The molecule has 102 valence electrons. The molecule has 1 unspecified atom stereocenters. The Morgan fingerprint density at radius 1 is 1.50 bits per heavy atom. The van der Waals surface area contributed by atoms with Gasteiger partial charge in [-0.2, -0.15) is 0 Å². The second kappa shape index (κ2) is 6.47. The maximum Gasteiger partial charge on any atom is 0.243 e. The van der Waals surface area contributed by atoms with Crippen LogP contribution in [0.1, 0.15) is 19.8 Å². The average molecular weight is 296 g/mol. The summed E-state index contributed by atoms with van der Waals surface area (Å²) in [7, 11) is -3.91. The van der Waals surface area contributed by atoms with Crippen LogP contribution in [-0.4, -0.2) is 26.2 Å². The SMILES string of the molecule is CCC(O)CCNS(=O)(=O)c1ccc(Cl)cc1F. The van der Waals surface area contributed by atoms with E-state index in [9.17, 15) is 17.9 Å². The van der Waals surface area contributed by atoms with Crippen LogP contribution >= 0.6 is 11.6 Å². The van der Waals surface area contributed by atoms with Gasteiger partial charge in [0.15, 0.2) is 0 Å². The standard InChI is InChI=1S/C11H15ClFNO3S/c1-2-9(15)5-6-14-18(16,17)11-4-3-8(12)7-10(11)13/h3-4,7,9,14-15H,2,5-6H2,1H3. The molecule has 4 nitrogen and oxygen atoms in total. The summed E-state index contributed by atoms with van der Waals surface area (Å²) in [6.45, 7) is 1.84. The molecule has 0 amide bonds. The summed E-state index contributed by atoms with van der Waals surface area (Å²) >= 11 is 5.54. The number of aliphatic hydroxyl groups excluding tert-OH is 1. The fourth-order valence-corrected chi connectivity index (χ4v) is 2.60. The maximum absolute atomic E-state index is 13.4. The first-order valence-electron chi connectivity index (χ1n) is 5.49. The minimum atomic E-state index is -3.91. The molecule has 1 rings (SSSR count). The van der Waals surface area contributed by atoms with E-state index in [1.807, 2.05) is 0 Å². The largest absolute Gasteiger partial charge is 0.393 e. The maximum atomic E-state index is 13.4. The summed E-state index contributed by atoms with van der Waals surface area (Å²) in [5.41, 5.74) is 0. The van der Waals surface area contributed by atoms with Crippen LogP contribution in [0.3, 0.4) is 0 Å². The summed E-state index contributed by atoms with van der Waals surface area (Å²) in [5, 5.41) is 9.42. The first-order chi connectivity index (χ1) is 8.36. The summed E-state index contributed by atoms with van der Waals surface area (Å²) < 4.78 is 39.2. The molecule has 0 saturated carbocycles. The van der Waals surface area contributed by atoms with Crippen molar-refractivity contribution in [1.82, 2.24) is 4.72 Å². The predicted octanol–water partition coefficient (Wildman–Crippen LogP) is 1.92. The fourth-order valence-electron chi connectivity index (χ4n) is 1.33. The van der Waals surface area contributed by atoms with Crippen LogP contribution < -0.4 is 4.72 Å². The third kappa shape index (κ3) is 4.20. The van der Waals surface area contributed by atoms with Crippen molar-refractivity contribution in [3.05, 3.63) is 29.0 Å². The molecule has 0 bridgehead atoms. The summed E-state index contributed by atoms with van der Waals surface area (Å²) in [6.07, 6.45) is 0.255. The lowest BCUT2D eigenvalue weighted by molar-refractivity contribution is 0.162. The Bertz CT molecular complexity index is 507. The number of aliphatic hydroxyl groups is 1. The van der Waals surface area contributed by atoms with Gasteiger partial charge in [0.25, 0.3) is 0 Å². The van der Waals surface area contributed by atoms with E-state index in [1.54, 1.807) is 6.92 Å². The summed E-state index contributed by atoms with van der Waals surface area (Å²) in [5.74, 6) is -0.897. The van der Waals surface area contributed by atoms with Crippen molar-refractivity contribution < 1.29 is 17.9 Å². The minimum absolute atomic E-state index is 0.0550. The lowest BCUT2D eigenvalue weighted by atomic mass is 10.2. The molecular formula is C11H15ClFNO3S. The number of benzene rings is 1. The van der Waals surface area contributed by atoms with Gasteiger partial charge in [0, 0.05) is 11.6 Å².